The number of nitrogens with one attached hydrogen (secondary N) is 1. The van der Waals surface area contributed by atoms with Crippen molar-refractivity contribution in [1.82, 2.24) is 10.2 Å². The van der Waals surface area contributed by atoms with Gasteiger partial charge in [-0.3, -0.25) is 10.1 Å². The van der Waals surface area contributed by atoms with Crippen LogP contribution in [0.25, 0.3) is 11.5 Å². The topological polar surface area (TPSA) is 68.0 Å². The van der Waals surface area contributed by atoms with Crippen molar-refractivity contribution in [2.75, 3.05) is 11.1 Å². The number of aromatic nitrogens is 2. The van der Waals surface area contributed by atoms with Crippen molar-refractivity contribution < 1.29 is 13.6 Å². The van der Waals surface area contributed by atoms with Gasteiger partial charge in [-0.15, -0.1) is 16.9 Å². The van der Waals surface area contributed by atoms with Gasteiger partial charge in [-0.25, -0.2) is 4.39 Å². The van der Waals surface area contributed by atoms with Crippen molar-refractivity contribution in [1.29, 1.82) is 0 Å². The minimum Gasteiger partial charge on any atom is -0.403 e. The maximum Gasteiger partial charge on any atom is 0.322 e. The van der Waals surface area contributed by atoms with Gasteiger partial charge in [-0.05, 0) is 48.2 Å². The molecule has 1 heterocycles. The lowest BCUT2D eigenvalue weighted by molar-refractivity contribution is 0.102. The summed E-state index contributed by atoms with van der Waals surface area (Å²) in [7, 11) is 0. The highest BCUT2D eigenvalue weighted by atomic mass is 32.2. The third-order valence-electron chi connectivity index (χ3n) is 3.14. The van der Waals surface area contributed by atoms with Crippen LogP contribution in [-0.4, -0.2) is 21.9 Å². The number of hydrogen-bond donors (Lipinski definition) is 1. The fourth-order valence-electron chi connectivity index (χ4n) is 2.05. The largest absolute Gasteiger partial charge is 0.403 e. The Balaban J connectivity index is 1.73. The molecule has 7 heteroatoms. The molecule has 3 aromatic rings. The normalized spacial score (nSPS) is 10.6. The van der Waals surface area contributed by atoms with Gasteiger partial charge in [0.1, 0.15) is 5.82 Å². The first-order chi connectivity index (χ1) is 11.7. The number of nitrogens with zero attached hydrogens (tertiary/aromatic N) is 2. The van der Waals surface area contributed by atoms with Gasteiger partial charge in [0, 0.05) is 16.0 Å². The first-order valence-corrected chi connectivity index (χ1v) is 8.28. The number of benzene rings is 2. The van der Waals surface area contributed by atoms with Gasteiger partial charge in [0.05, 0.1) is 0 Å². The van der Waals surface area contributed by atoms with Crippen LogP contribution in [0.5, 0.6) is 0 Å². The quantitative estimate of drug-likeness (QED) is 0.702. The highest BCUT2D eigenvalue weighted by molar-refractivity contribution is 7.99. The highest BCUT2D eigenvalue weighted by Gasteiger charge is 2.13. The molecular formula is C17H14FN3O2S. The molecule has 2 aromatic carbocycles. The molecule has 0 aliphatic rings. The molecule has 0 radical (unpaired) electrons. The summed E-state index contributed by atoms with van der Waals surface area (Å²) in [5.41, 5.74) is 1.08. The van der Waals surface area contributed by atoms with E-state index in [1.54, 1.807) is 23.9 Å². The Hall–Kier alpha value is -2.67. The van der Waals surface area contributed by atoms with E-state index in [0.717, 1.165) is 10.6 Å². The van der Waals surface area contributed by atoms with Crippen molar-refractivity contribution in [3.8, 4) is 11.5 Å². The lowest BCUT2D eigenvalue weighted by Gasteiger charge is -2.03. The fourth-order valence-corrected chi connectivity index (χ4v) is 2.76. The summed E-state index contributed by atoms with van der Waals surface area (Å²) < 4.78 is 18.3. The van der Waals surface area contributed by atoms with Crippen LogP contribution in [0, 0.1) is 5.82 Å². The van der Waals surface area contributed by atoms with Crippen molar-refractivity contribution in [2.24, 2.45) is 0 Å². The van der Waals surface area contributed by atoms with Gasteiger partial charge in [0.25, 0.3) is 5.91 Å². The lowest BCUT2D eigenvalue weighted by atomic mass is 10.2. The summed E-state index contributed by atoms with van der Waals surface area (Å²) >= 11 is 1.65. The van der Waals surface area contributed by atoms with E-state index in [-0.39, 0.29) is 23.6 Å². The van der Waals surface area contributed by atoms with E-state index in [4.69, 9.17) is 4.42 Å². The molecule has 24 heavy (non-hydrogen) atoms. The minimum atomic E-state index is -0.350. The Kier molecular flexibility index (Phi) is 4.90. The summed E-state index contributed by atoms with van der Waals surface area (Å²) in [4.78, 5) is 13.3. The predicted octanol–water partition coefficient (Wildman–Crippen LogP) is 4.24. The molecule has 0 aliphatic heterocycles. The lowest BCUT2D eigenvalue weighted by Crippen LogP contribution is -2.12. The summed E-state index contributed by atoms with van der Waals surface area (Å²) in [5.74, 6) is 0.454. The molecule has 0 saturated heterocycles. The van der Waals surface area contributed by atoms with E-state index in [9.17, 15) is 9.18 Å². The average molecular weight is 343 g/mol. The molecule has 1 N–H and O–H groups in total. The zero-order chi connectivity index (χ0) is 16.9. The average Bonchev–Trinajstić information content (AvgIpc) is 3.04. The Bertz CT molecular complexity index is 849. The third kappa shape index (κ3) is 3.80. The van der Waals surface area contributed by atoms with Crippen molar-refractivity contribution in [3.05, 3.63) is 59.9 Å². The molecular weight excluding hydrogens is 329 g/mol. The van der Waals surface area contributed by atoms with Gasteiger partial charge in [-0.2, -0.15) is 0 Å². The Morgan fingerprint density at radius 3 is 2.75 bits per heavy atom. The molecule has 0 saturated carbocycles. The molecule has 0 aliphatic carbocycles. The van der Waals surface area contributed by atoms with Gasteiger partial charge >= 0.3 is 6.01 Å². The van der Waals surface area contributed by atoms with Crippen LogP contribution in [0.15, 0.2) is 57.8 Å². The molecule has 3 rings (SSSR count). The van der Waals surface area contributed by atoms with Gasteiger partial charge < -0.3 is 4.42 Å². The van der Waals surface area contributed by atoms with Crippen LogP contribution < -0.4 is 5.32 Å². The number of anilines is 1. The standard InChI is InChI=1S/C17H14FN3O2S/c1-2-24-14-5-3-4-12(10-14)15(22)19-17-21-20-16(23-17)11-6-8-13(18)9-7-11/h3-10H,2H2,1H3,(H,19,21,22). The molecule has 0 bridgehead atoms. The third-order valence-corrected chi connectivity index (χ3v) is 4.02. The van der Waals surface area contributed by atoms with E-state index in [2.05, 4.69) is 15.5 Å². The maximum absolute atomic E-state index is 12.9. The smallest absolute Gasteiger partial charge is 0.322 e. The molecule has 0 spiro atoms. The molecule has 0 atom stereocenters. The molecule has 122 valence electrons. The van der Waals surface area contributed by atoms with Crippen LogP contribution in [0.1, 0.15) is 17.3 Å². The van der Waals surface area contributed by atoms with E-state index in [1.165, 1.54) is 24.3 Å². The second-order valence-electron chi connectivity index (χ2n) is 4.83. The molecule has 5 nitrogen and oxygen atoms in total. The predicted molar refractivity (Wildman–Crippen MR) is 90.5 cm³/mol. The number of hydrogen-bond acceptors (Lipinski definition) is 5. The Morgan fingerprint density at radius 1 is 1.21 bits per heavy atom. The SMILES string of the molecule is CCSc1cccc(C(=O)Nc2nnc(-c3ccc(F)cc3)o2)c1. The van der Waals surface area contributed by atoms with Crippen molar-refractivity contribution >= 4 is 23.7 Å². The minimum absolute atomic E-state index is 0.00660. The van der Waals surface area contributed by atoms with Crippen molar-refractivity contribution in [3.63, 3.8) is 0 Å². The summed E-state index contributed by atoms with van der Waals surface area (Å²) in [6, 6.07) is 12.9. The second-order valence-corrected chi connectivity index (χ2v) is 6.17. The number of carbonyl (C=O) groups excluding carboxylic acids is 1. The zero-order valence-electron chi connectivity index (χ0n) is 12.8. The van der Waals surface area contributed by atoms with E-state index in [1.807, 2.05) is 19.1 Å². The summed E-state index contributed by atoms with van der Waals surface area (Å²) in [5, 5.41) is 10.2. The van der Waals surface area contributed by atoms with E-state index in [0.29, 0.717) is 11.1 Å². The second kappa shape index (κ2) is 7.27. The first-order valence-electron chi connectivity index (χ1n) is 7.29. The van der Waals surface area contributed by atoms with Gasteiger partial charge in [-0.1, -0.05) is 18.1 Å². The number of halogens is 1. The Morgan fingerprint density at radius 2 is 2.00 bits per heavy atom. The summed E-state index contributed by atoms with van der Waals surface area (Å²) in [6.07, 6.45) is 0. The van der Waals surface area contributed by atoms with Crippen LogP contribution in [0.3, 0.4) is 0 Å². The van der Waals surface area contributed by atoms with E-state index < -0.39 is 0 Å². The van der Waals surface area contributed by atoms with Gasteiger partial charge in [0.15, 0.2) is 0 Å². The highest BCUT2D eigenvalue weighted by Crippen LogP contribution is 2.21. The molecule has 0 fully saturated rings. The van der Waals surface area contributed by atoms with Crippen LogP contribution in [0.2, 0.25) is 0 Å². The monoisotopic (exact) mass is 343 g/mol. The van der Waals surface area contributed by atoms with Gasteiger partial charge in [0.2, 0.25) is 5.89 Å². The van der Waals surface area contributed by atoms with Crippen LogP contribution in [0.4, 0.5) is 10.4 Å². The molecule has 1 aromatic heterocycles. The summed E-state index contributed by atoms with van der Waals surface area (Å²) in [6.45, 7) is 2.05. The number of rotatable bonds is 5. The maximum atomic E-state index is 12.9. The first kappa shape index (κ1) is 16.2. The molecule has 1 amide bonds. The fraction of sp³-hybridized carbons (Fsp3) is 0.118. The van der Waals surface area contributed by atoms with Crippen LogP contribution in [-0.2, 0) is 0 Å². The Labute approximate surface area is 142 Å². The van der Waals surface area contributed by atoms with Crippen molar-refractivity contribution in [2.45, 2.75) is 11.8 Å². The van der Waals surface area contributed by atoms with Crippen LogP contribution >= 0.6 is 11.8 Å². The number of thioether (sulfide) groups is 1. The zero-order valence-corrected chi connectivity index (χ0v) is 13.6. The number of amides is 1. The van der Waals surface area contributed by atoms with E-state index >= 15 is 0 Å². The number of carbonyl (C=O) groups is 1. The molecule has 0 unspecified atom stereocenters.